The van der Waals surface area contributed by atoms with Gasteiger partial charge in [0.15, 0.2) is 0 Å². The second-order valence-corrected chi connectivity index (χ2v) is 5.27. The van der Waals surface area contributed by atoms with Gasteiger partial charge in [-0.25, -0.2) is 0 Å². The van der Waals surface area contributed by atoms with Crippen molar-refractivity contribution in [1.82, 2.24) is 20.3 Å². The summed E-state index contributed by atoms with van der Waals surface area (Å²) >= 11 is 0. The van der Waals surface area contributed by atoms with E-state index in [0.717, 1.165) is 39.0 Å². The fourth-order valence-corrected chi connectivity index (χ4v) is 2.55. The van der Waals surface area contributed by atoms with Crippen LogP contribution in [0.25, 0.3) is 0 Å². The lowest BCUT2D eigenvalue weighted by Crippen LogP contribution is -2.40. The molecule has 21 heavy (non-hydrogen) atoms. The lowest BCUT2D eigenvalue weighted by molar-refractivity contribution is 0.336. The monoisotopic (exact) mass is 295 g/mol. The van der Waals surface area contributed by atoms with Crippen LogP contribution in [-0.2, 0) is 0 Å². The summed E-state index contributed by atoms with van der Waals surface area (Å²) in [5.74, 6) is 1.26. The molecule has 7 heteroatoms. The molecule has 118 valence electrons. The fraction of sp³-hybridized carbons (Fsp3) is 0.786. The zero-order valence-corrected chi connectivity index (χ0v) is 13.1. The maximum Gasteiger partial charge on any atom is 0.324 e. The first-order chi connectivity index (χ1) is 10.3. The van der Waals surface area contributed by atoms with Gasteiger partial charge in [0, 0.05) is 13.1 Å². The normalized spacial score (nSPS) is 18.6. The number of nitrogens with one attached hydrogen (secondary N) is 1. The molecule has 0 aromatic carbocycles. The Morgan fingerprint density at radius 2 is 1.90 bits per heavy atom. The zero-order chi connectivity index (χ0) is 15.1. The number of methoxy groups -OCH3 is 2. The van der Waals surface area contributed by atoms with Crippen LogP contribution < -0.4 is 19.7 Å². The molecular weight excluding hydrogens is 270 g/mol. The van der Waals surface area contributed by atoms with Gasteiger partial charge in [0.1, 0.15) is 0 Å². The van der Waals surface area contributed by atoms with E-state index in [-0.39, 0.29) is 0 Å². The van der Waals surface area contributed by atoms with E-state index in [2.05, 4.69) is 32.1 Å². The van der Waals surface area contributed by atoms with Crippen molar-refractivity contribution >= 4 is 5.95 Å². The van der Waals surface area contributed by atoms with E-state index in [1.165, 1.54) is 6.42 Å². The highest BCUT2D eigenvalue weighted by molar-refractivity contribution is 5.33. The van der Waals surface area contributed by atoms with Gasteiger partial charge in [-0.3, -0.25) is 0 Å². The van der Waals surface area contributed by atoms with Crippen LogP contribution in [0.4, 0.5) is 5.95 Å². The van der Waals surface area contributed by atoms with E-state index < -0.39 is 0 Å². The third-order valence-electron chi connectivity index (χ3n) is 3.61. The Morgan fingerprint density at radius 1 is 1.19 bits per heavy atom. The van der Waals surface area contributed by atoms with Gasteiger partial charge in [0.25, 0.3) is 0 Å². The standard InChI is InChI=1S/C14H25N5O2/c1-4-7-15-9-11-6-5-8-19(10-11)12-16-13(20-2)18-14(17-12)21-3/h11,15H,4-10H2,1-3H3. The van der Waals surface area contributed by atoms with Crippen LogP contribution in [0.2, 0.25) is 0 Å². The van der Waals surface area contributed by atoms with E-state index in [1.54, 1.807) is 14.2 Å². The number of hydrogen-bond donors (Lipinski definition) is 1. The quantitative estimate of drug-likeness (QED) is 0.755. The van der Waals surface area contributed by atoms with Crippen molar-refractivity contribution in [3.05, 3.63) is 0 Å². The number of nitrogens with zero attached hydrogens (tertiary/aromatic N) is 4. The molecule has 0 saturated carbocycles. The van der Waals surface area contributed by atoms with Crippen LogP contribution in [0, 0.1) is 5.92 Å². The summed E-state index contributed by atoms with van der Waals surface area (Å²) in [7, 11) is 3.10. The number of anilines is 1. The second kappa shape index (κ2) is 7.97. The van der Waals surface area contributed by atoms with Crippen LogP contribution in [-0.4, -0.2) is 55.4 Å². The Bertz CT molecular complexity index is 421. The second-order valence-electron chi connectivity index (χ2n) is 5.27. The first-order valence-electron chi connectivity index (χ1n) is 7.56. The van der Waals surface area contributed by atoms with Crippen LogP contribution in [0.3, 0.4) is 0 Å². The smallest absolute Gasteiger partial charge is 0.324 e. The SMILES string of the molecule is CCCNCC1CCCN(c2nc(OC)nc(OC)n2)C1. The fourth-order valence-electron chi connectivity index (χ4n) is 2.55. The van der Waals surface area contributed by atoms with Crippen molar-refractivity contribution in [2.45, 2.75) is 26.2 Å². The molecule has 1 atom stereocenters. The third-order valence-corrected chi connectivity index (χ3v) is 3.61. The molecule has 1 saturated heterocycles. The molecule has 0 aliphatic carbocycles. The average molecular weight is 295 g/mol. The summed E-state index contributed by atoms with van der Waals surface area (Å²) in [6.45, 7) is 6.21. The van der Waals surface area contributed by atoms with Crippen molar-refractivity contribution < 1.29 is 9.47 Å². The molecule has 1 aromatic rings. The molecule has 1 aromatic heterocycles. The third kappa shape index (κ3) is 4.42. The van der Waals surface area contributed by atoms with E-state index in [9.17, 15) is 0 Å². The van der Waals surface area contributed by atoms with Crippen LogP contribution in [0.15, 0.2) is 0 Å². The van der Waals surface area contributed by atoms with Crippen molar-refractivity contribution in [3.63, 3.8) is 0 Å². The Kier molecular flexibility index (Phi) is 5.98. The van der Waals surface area contributed by atoms with Gasteiger partial charge < -0.3 is 19.7 Å². The van der Waals surface area contributed by atoms with Crippen LogP contribution in [0.5, 0.6) is 12.0 Å². The lowest BCUT2D eigenvalue weighted by atomic mass is 9.98. The van der Waals surface area contributed by atoms with E-state index in [4.69, 9.17) is 9.47 Å². The van der Waals surface area contributed by atoms with E-state index >= 15 is 0 Å². The number of rotatable bonds is 7. The number of hydrogen-bond acceptors (Lipinski definition) is 7. The Hall–Kier alpha value is -1.63. The molecule has 2 heterocycles. The molecule has 1 unspecified atom stereocenters. The largest absolute Gasteiger partial charge is 0.467 e. The average Bonchev–Trinajstić information content (AvgIpc) is 2.55. The molecular formula is C14H25N5O2. The molecule has 0 amide bonds. The van der Waals surface area contributed by atoms with Crippen molar-refractivity contribution in [1.29, 1.82) is 0 Å². The summed E-state index contributed by atoms with van der Waals surface area (Å²) in [5.41, 5.74) is 0. The highest BCUT2D eigenvalue weighted by Crippen LogP contribution is 2.22. The zero-order valence-electron chi connectivity index (χ0n) is 13.1. The number of aromatic nitrogens is 3. The Labute approximate surface area is 126 Å². The van der Waals surface area contributed by atoms with Gasteiger partial charge in [0.05, 0.1) is 14.2 Å². The summed E-state index contributed by atoms with van der Waals surface area (Å²) in [6.07, 6.45) is 3.56. The Morgan fingerprint density at radius 3 is 2.52 bits per heavy atom. The van der Waals surface area contributed by atoms with Gasteiger partial charge in [-0.05, 0) is 38.3 Å². The first kappa shape index (κ1) is 15.8. The number of piperidine rings is 1. The molecule has 1 N–H and O–H groups in total. The maximum absolute atomic E-state index is 5.11. The van der Waals surface area contributed by atoms with Gasteiger partial charge in [-0.15, -0.1) is 4.98 Å². The van der Waals surface area contributed by atoms with Gasteiger partial charge in [0.2, 0.25) is 5.95 Å². The van der Waals surface area contributed by atoms with Crippen LogP contribution in [0.1, 0.15) is 26.2 Å². The molecule has 1 aliphatic rings. The minimum absolute atomic E-state index is 0.295. The van der Waals surface area contributed by atoms with Crippen molar-refractivity contribution in [2.24, 2.45) is 5.92 Å². The van der Waals surface area contributed by atoms with Crippen molar-refractivity contribution in [3.8, 4) is 12.0 Å². The molecule has 0 spiro atoms. The van der Waals surface area contributed by atoms with Gasteiger partial charge in [-0.2, -0.15) is 9.97 Å². The first-order valence-corrected chi connectivity index (χ1v) is 7.56. The van der Waals surface area contributed by atoms with E-state index in [0.29, 0.717) is 23.9 Å². The molecule has 2 rings (SSSR count). The topological polar surface area (TPSA) is 72.4 Å². The Balaban J connectivity index is 2.03. The molecule has 7 nitrogen and oxygen atoms in total. The van der Waals surface area contributed by atoms with Crippen LogP contribution >= 0.6 is 0 Å². The summed E-state index contributed by atoms with van der Waals surface area (Å²) in [6, 6.07) is 0.589. The predicted octanol–water partition coefficient (Wildman–Crippen LogP) is 1.10. The molecule has 1 aliphatic heterocycles. The minimum Gasteiger partial charge on any atom is -0.467 e. The summed E-state index contributed by atoms with van der Waals surface area (Å²) in [5, 5.41) is 3.49. The lowest BCUT2D eigenvalue weighted by Gasteiger charge is -2.32. The van der Waals surface area contributed by atoms with Gasteiger partial charge in [-0.1, -0.05) is 6.92 Å². The predicted molar refractivity (Wildman–Crippen MR) is 81.0 cm³/mol. The maximum atomic E-state index is 5.11. The molecule has 0 bridgehead atoms. The highest BCUT2D eigenvalue weighted by Gasteiger charge is 2.23. The summed E-state index contributed by atoms with van der Waals surface area (Å²) in [4.78, 5) is 14.9. The van der Waals surface area contributed by atoms with Gasteiger partial charge >= 0.3 is 12.0 Å². The molecule has 0 radical (unpaired) electrons. The van der Waals surface area contributed by atoms with E-state index in [1.807, 2.05) is 0 Å². The van der Waals surface area contributed by atoms with Crippen molar-refractivity contribution in [2.75, 3.05) is 45.3 Å². The molecule has 1 fully saturated rings. The highest BCUT2D eigenvalue weighted by atomic mass is 16.5. The minimum atomic E-state index is 0.295. The number of ether oxygens (including phenoxy) is 2. The summed E-state index contributed by atoms with van der Waals surface area (Å²) < 4.78 is 10.2.